The SMILES string of the molecule is O=C(O)c1ccc(S(=O)(=O)NCC(F)F)o1. The summed E-state index contributed by atoms with van der Waals surface area (Å²) in [5, 5.41) is 7.74. The summed E-state index contributed by atoms with van der Waals surface area (Å²) in [5.74, 6) is -2.03. The molecule has 0 fully saturated rings. The normalized spacial score (nSPS) is 11.9. The zero-order valence-electron chi connectivity index (χ0n) is 7.68. The van der Waals surface area contributed by atoms with Crippen molar-refractivity contribution in [2.75, 3.05) is 6.54 Å². The van der Waals surface area contributed by atoms with Crippen molar-refractivity contribution in [3.05, 3.63) is 17.9 Å². The van der Waals surface area contributed by atoms with Crippen LogP contribution in [0.15, 0.2) is 21.6 Å². The number of nitrogens with one attached hydrogen (secondary N) is 1. The lowest BCUT2D eigenvalue weighted by Crippen LogP contribution is -2.28. The van der Waals surface area contributed by atoms with Gasteiger partial charge in [0.25, 0.3) is 16.4 Å². The molecule has 0 atom stereocenters. The average Bonchev–Trinajstić information content (AvgIpc) is 2.64. The summed E-state index contributed by atoms with van der Waals surface area (Å²) >= 11 is 0. The van der Waals surface area contributed by atoms with Crippen LogP contribution in [0.2, 0.25) is 0 Å². The van der Waals surface area contributed by atoms with E-state index in [0.717, 1.165) is 12.1 Å². The van der Waals surface area contributed by atoms with Crippen molar-refractivity contribution in [2.24, 2.45) is 0 Å². The van der Waals surface area contributed by atoms with E-state index in [0.29, 0.717) is 0 Å². The number of hydrogen-bond donors (Lipinski definition) is 2. The highest BCUT2D eigenvalue weighted by Crippen LogP contribution is 2.13. The van der Waals surface area contributed by atoms with Crippen LogP contribution in [-0.2, 0) is 10.0 Å². The minimum absolute atomic E-state index is 0.586. The van der Waals surface area contributed by atoms with Crippen LogP contribution in [-0.4, -0.2) is 32.5 Å². The van der Waals surface area contributed by atoms with Crippen LogP contribution in [0.25, 0.3) is 0 Å². The van der Waals surface area contributed by atoms with Crippen molar-refractivity contribution in [1.29, 1.82) is 0 Å². The monoisotopic (exact) mass is 255 g/mol. The Kier molecular flexibility index (Phi) is 3.60. The zero-order valence-corrected chi connectivity index (χ0v) is 8.50. The molecule has 0 bridgehead atoms. The first kappa shape index (κ1) is 12.6. The van der Waals surface area contributed by atoms with Crippen LogP contribution in [0.5, 0.6) is 0 Å². The molecule has 6 nitrogen and oxygen atoms in total. The second kappa shape index (κ2) is 4.58. The molecule has 1 heterocycles. The summed E-state index contributed by atoms with van der Waals surface area (Å²) in [6.45, 7) is -1.06. The van der Waals surface area contributed by atoms with E-state index in [9.17, 15) is 22.0 Å². The molecule has 0 aromatic carbocycles. The lowest BCUT2D eigenvalue weighted by Gasteiger charge is -2.02. The maximum atomic E-state index is 11.8. The van der Waals surface area contributed by atoms with Crippen molar-refractivity contribution in [1.82, 2.24) is 4.72 Å². The van der Waals surface area contributed by atoms with E-state index in [2.05, 4.69) is 4.42 Å². The van der Waals surface area contributed by atoms with Gasteiger partial charge in [-0.15, -0.1) is 0 Å². The summed E-state index contributed by atoms with van der Waals surface area (Å²) in [7, 11) is -4.23. The van der Waals surface area contributed by atoms with Crippen LogP contribution in [0.1, 0.15) is 10.6 Å². The Labute approximate surface area is 88.9 Å². The highest BCUT2D eigenvalue weighted by atomic mass is 32.2. The van der Waals surface area contributed by atoms with E-state index >= 15 is 0 Å². The molecule has 0 saturated heterocycles. The fraction of sp³-hybridized carbons (Fsp3) is 0.286. The van der Waals surface area contributed by atoms with Crippen LogP contribution < -0.4 is 4.72 Å². The van der Waals surface area contributed by atoms with Crippen molar-refractivity contribution < 1.29 is 31.5 Å². The van der Waals surface area contributed by atoms with E-state index in [4.69, 9.17) is 5.11 Å². The molecule has 16 heavy (non-hydrogen) atoms. The molecule has 0 saturated carbocycles. The van der Waals surface area contributed by atoms with E-state index in [1.54, 1.807) is 4.72 Å². The quantitative estimate of drug-likeness (QED) is 0.799. The third-order valence-electron chi connectivity index (χ3n) is 1.48. The predicted octanol–water partition coefficient (Wildman–Crippen LogP) is 0.521. The predicted molar refractivity (Wildman–Crippen MR) is 46.9 cm³/mol. The maximum Gasteiger partial charge on any atom is 0.371 e. The fourth-order valence-corrected chi connectivity index (χ4v) is 1.76. The first-order chi connectivity index (χ1) is 7.33. The summed E-state index contributed by atoms with van der Waals surface area (Å²) in [6.07, 6.45) is -2.84. The topological polar surface area (TPSA) is 96.6 Å². The minimum Gasteiger partial charge on any atom is -0.475 e. The molecular formula is C7H7F2NO5S. The molecule has 1 rings (SSSR count). The molecule has 0 spiro atoms. The van der Waals surface area contributed by atoms with Crippen molar-refractivity contribution in [2.45, 2.75) is 11.5 Å². The Morgan fingerprint density at radius 1 is 1.50 bits per heavy atom. The van der Waals surface area contributed by atoms with Crippen LogP contribution in [0.3, 0.4) is 0 Å². The Balaban J connectivity index is 2.86. The number of alkyl halides is 2. The number of aromatic carboxylic acids is 1. The number of hydrogen-bond acceptors (Lipinski definition) is 4. The first-order valence-corrected chi connectivity index (χ1v) is 5.42. The summed E-state index contributed by atoms with van der Waals surface area (Å²) in [5.41, 5.74) is 0. The standard InChI is InChI=1S/C7H7F2NO5S/c8-5(9)3-10-16(13,14)6-2-1-4(15-6)7(11)12/h1-2,5,10H,3H2,(H,11,12). The highest BCUT2D eigenvalue weighted by Gasteiger charge is 2.21. The number of halogens is 2. The molecule has 0 amide bonds. The smallest absolute Gasteiger partial charge is 0.371 e. The van der Waals surface area contributed by atoms with E-state index in [1.807, 2.05) is 0 Å². The maximum absolute atomic E-state index is 11.8. The van der Waals surface area contributed by atoms with E-state index in [1.165, 1.54) is 0 Å². The van der Waals surface area contributed by atoms with Gasteiger partial charge in [-0.05, 0) is 12.1 Å². The second-order valence-electron chi connectivity index (χ2n) is 2.67. The summed E-state index contributed by atoms with van der Waals surface area (Å²) in [4.78, 5) is 10.4. The lowest BCUT2D eigenvalue weighted by atomic mass is 10.5. The van der Waals surface area contributed by atoms with Gasteiger partial charge in [0, 0.05) is 0 Å². The number of furan rings is 1. The van der Waals surface area contributed by atoms with Gasteiger partial charge in [0.2, 0.25) is 10.9 Å². The van der Waals surface area contributed by atoms with Gasteiger partial charge in [-0.2, -0.15) is 0 Å². The van der Waals surface area contributed by atoms with Gasteiger partial charge in [0.05, 0.1) is 6.54 Å². The van der Waals surface area contributed by atoms with Gasteiger partial charge in [0.15, 0.2) is 0 Å². The highest BCUT2D eigenvalue weighted by molar-refractivity contribution is 7.89. The second-order valence-corrected chi connectivity index (χ2v) is 4.36. The average molecular weight is 255 g/mol. The van der Waals surface area contributed by atoms with Gasteiger partial charge < -0.3 is 9.52 Å². The third kappa shape index (κ3) is 3.00. The first-order valence-electron chi connectivity index (χ1n) is 3.94. The molecule has 1 aromatic rings. The molecule has 1 aromatic heterocycles. The Bertz CT molecular complexity index is 481. The molecule has 0 unspecified atom stereocenters. The Morgan fingerprint density at radius 2 is 2.12 bits per heavy atom. The Hall–Kier alpha value is -1.48. The molecular weight excluding hydrogens is 248 g/mol. The molecule has 0 radical (unpaired) electrons. The van der Waals surface area contributed by atoms with Crippen molar-refractivity contribution >= 4 is 16.0 Å². The molecule has 0 aliphatic carbocycles. The van der Waals surface area contributed by atoms with Crippen LogP contribution >= 0.6 is 0 Å². The van der Waals surface area contributed by atoms with Crippen molar-refractivity contribution in [3.63, 3.8) is 0 Å². The van der Waals surface area contributed by atoms with Gasteiger partial charge in [-0.1, -0.05) is 0 Å². The van der Waals surface area contributed by atoms with Gasteiger partial charge >= 0.3 is 5.97 Å². The third-order valence-corrected chi connectivity index (χ3v) is 2.78. The Morgan fingerprint density at radius 3 is 2.56 bits per heavy atom. The molecule has 0 aliphatic heterocycles. The van der Waals surface area contributed by atoms with Crippen LogP contribution in [0.4, 0.5) is 8.78 Å². The molecule has 9 heteroatoms. The minimum atomic E-state index is -4.23. The number of carboxylic acid groups (broad SMARTS) is 1. The number of sulfonamides is 1. The van der Waals surface area contributed by atoms with Crippen LogP contribution in [0, 0.1) is 0 Å². The fourth-order valence-electron chi connectivity index (χ4n) is 0.823. The lowest BCUT2D eigenvalue weighted by molar-refractivity contribution is 0.0656. The zero-order chi connectivity index (χ0) is 12.3. The summed E-state index contributed by atoms with van der Waals surface area (Å²) in [6, 6.07) is 1.79. The van der Waals surface area contributed by atoms with Gasteiger partial charge in [-0.25, -0.2) is 26.7 Å². The number of rotatable bonds is 5. The molecule has 90 valence electrons. The van der Waals surface area contributed by atoms with Gasteiger partial charge in [0.1, 0.15) is 0 Å². The van der Waals surface area contributed by atoms with Crippen molar-refractivity contribution in [3.8, 4) is 0 Å². The molecule has 2 N–H and O–H groups in total. The van der Waals surface area contributed by atoms with E-state index < -0.39 is 39.8 Å². The number of carbonyl (C=O) groups is 1. The molecule has 0 aliphatic rings. The largest absolute Gasteiger partial charge is 0.475 e. The van der Waals surface area contributed by atoms with Gasteiger partial charge in [-0.3, -0.25) is 0 Å². The summed E-state index contributed by atoms with van der Waals surface area (Å²) < 4.78 is 52.0. The number of carboxylic acids is 1. The van der Waals surface area contributed by atoms with E-state index in [-0.39, 0.29) is 0 Å².